The lowest BCUT2D eigenvalue weighted by Gasteiger charge is -2.09. The number of rotatable bonds is 5. The normalized spacial score (nSPS) is 11.1. The molecule has 0 aliphatic rings. The summed E-state index contributed by atoms with van der Waals surface area (Å²) in [6.07, 6.45) is 2.88. The molecule has 7 nitrogen and oxygen atoms in total. The van der Waals surface area contributed by atoms with E-state index < -0.39 is 29.7 Å². The zero-order chi connectivity index (χ0) is 22.1. The highest BCUT2D eigenvalue weighted by Gasteiger charge is 2.18. The largest absolute Gasteiger partial charge is 0.392 e. The summed E-state index contributed by atoms with van der Waals surface area (Å²) in [4.78, 5) is 25.4. The monoisotopic (exact) mass is 424 g/mol. The van der Waals surface area contributed by atoms with Crippen molar-refractivity contribution in [1.29, 1.82) is 0 Å². The standard InChI is InChI=1S/C22H18F2N4O3/c1-13-2-7-16(10-18(13)24)25-19(30)11-27-8-9-28-21(22(27)31)17(12-29)20(26-28)14-3-5-15(23)6-4-14/h2-10,29H,11-12H2,1H3,(H,25,30). The van der Waals surface area contributed by atoms with Gasteiger partial charge in [0.25, 0.3) is 5.56 Å². The van der Waals surface area contributed by atoms with Crippen molar-refractivity contribution in [2.45, 2.75) is 20.1 Å². The van der Waals surface area contributed by atoms with Crippen LogP contribution >= 0.6 is 0 Å². The summed E-state index contributed by atoms with van der Waals surface area (Å²) in [5.74, 6) is -1.38. The van der Waals surface area contributed by atoms with Crippen molar-refractivity contribution in [2.24, 2.45) is 0 Å². The van der Waals surface area contributed by atoms with E-state index in [4.69, 9.17) is 0 Å². The van der Waals surface area contributed by atoms with E-state index in [9.17, 15) is 23.5 Å². The Morgan fingerprint density at radius 1 is 1.13 bits per heavy atom. The minimum Gasteiger partial charge on any atom is -0.392 e. The Labute approximate surface area is 175 Å². The van der Waals surface area contributed by atoms with Gasteiger partial charge < -0.3 is 15.0 Å². The van der Waals surface area contributed by atoms with Crippen LogP contribution in [0.2, 0.25) is 0 Å². The van der Waals surface area contributed by atoms with E-state index >= 15 is 0 Å². The van der Waals surface area contributed by atoms with E-state index in [1.807, 2.05) is 0 Å². The van der Waals surface area contributed by atoms with Crippen LogP contribution < -0.4 is 10.9 Å². The molecule has 0 unspecified atom stereocenters. The zero-order valence-corrected chi connectivity index (χ0v) is 16.5. The molecular formula is C22H18F2N4O3. The van der Waals surface area contributed by atoms with Crippen molar-refractivity contribution in [3.05, 3.63) is 88.0 Å². The minimum atomic E-state index is -0.530. The van der Waals surface area contributed by atoms with Crippen LogP contribution in [0.5, 0.6) is 0 Å². The van der Waals surface area contributed by atoms with Crippen LogP contribution in [0.4, 0.5) is 14.5 Å². The average Bonchev–Trinajstić information content (AvgIpc) is 3.13. The van der Waals surface area contributed by atoms with Gasteiger partial charge in [-0.3, -0.25) is 9.59 Å². The molecule has 2 N–H and O–H groups in total. The topological polar surface area (TPSA) is 88.6 Å². The summed E-state index contributed by atoms with van der Waals surface area (Å²) in [6, 6.07) is 9.84. The number of aliphatic hydroxyl groups excluding tert-OH is 1. The lowest BCUT2D eigenvalue weighted by atomic mass is 10.1. The van der Waals surface area contributed by atoms with Crippen molar-refractivity contribution < 1.29 is 18.7 Å². The van der Waals surface area contributed by atoms with E-state index in [0.29, 0.717) is 16.8 Å². The maximum absolute atomic E-state index is 13.7. The first-order valence-electron chi connectivity index (χ1n) is 9.41. The summed E-state index contributed by atoms with van der Waals surface area (Å²) < 4.78 is 29.4. The molecule has 0 saturated carbocycles. The molecule has 2 aromatic heterocycles. The van der Waals surface area contributed by atoms with Crippen molar-refractivity contribution in [1.82, 2.24) is 14.2 Å². The van der Waals surface area contributed by atoms with Crippen molar-refractivity contribution in [2.75, 3.05) is 5.32 Å². The van der Waals surface area contributed by atoms with E-state index in [0.717, 1.165) is 0 Å². The predicted molar refractivity (Wildman–Crippen MR) is 111 cm³/mol. The van der Waals surface area contributed by atoms with Crippen LogP contribution in [-0.2, 0) is 17.9 Å². The number of halogens is 2. The molecule has 2 aromatic carbocycles. The highest BCUT2D eigenvalue weighted by atomic mass is 19.1. The molecule has 0 bridgehead atoms. The molecule has 0 radical (unpaired) electrons. The summed E-state index contributed by atoms with van der Waals surface area (Å²) in [5.41, 5.74) is 1.47. The van der Waals surface area contributed by atoms with Crippen molar-refractivity contribution >= 4 is 17.1 Å². The second-order valence-corrected chi connectivity index (χ2v) is 7.03. The first-order valence-corrected chi connectivity index (χ1v) is 9.41. The number of amides is 1. The van der Waals surface area contributed by atoms with Gasteiger partial charge in [0.1, 0.15) is 23.7 Å². The van der Waals surface area contributed by atoms with Crippen LogP contribution in [0.25, 0.3) is 16.8 Å². The average molecular weight is 424 g/mol. The summed E-state index contributed by atoms with van der Waals surface area (Å²) in [5, 5.41) is 16.8. The Kier molecular flexibility index (Phi) is 5.35. The first kappa shape index (κ1) is 20.4. The van der Waals surface area contributed by atoms with Crippen LogP contribution in [0.15, 0.2) is 59.7 Å². The Morgan fingerprint density at radius 2 is 1.87 bits per heavy atom. The number of hydrogen-bond acceptors (Lipinski definition) is 4. The molecule has 1 amide bonds. The predicted octanol–water partition coefficient (Wildman–Crippen LogP) is 2.88. The van der Waals surface area contributed by atoms with Gasteiger partial charge in [-0.2, -0.15) is 5.10 Å². The lowest BCUT2D eigenvalue weighted by molar-refractivity contribution is -0.116. The summed E-state index contributed by atoms with van der Waals surface area (Å²) in [6.45, 7) is 0.831. The van der Waals surface area contributed by atoms with Crippen molar-refractivity contribution in [3.8, 4) is 11.3 Å². The van der Waals surface area contributed by atoms with E-state index in [-0.39, 0.29) is 23.3 Å². The Hall–Kier alpha value is -3.85. The molecular weight excluding hydrogens is 406 g/mol. The third-order valence-corrected chi connectivity index (χ3v) is 4.91. The van der Waals surface area contributed by atoms with Gasteiger partial charge in [0.2, 0.25) is 5.91 Å². The Balaban J connectivity index is 1.67. The molecule has 0 atom stereocenters. The van der Waals surface area contributed by atoms with Gasteiger partial charge in [-0.25, -0.2) is 13.3 Å². The molecule has 4 rings (SSSR count). The number of carbonyl (C=O) groups is 1. The molecule has 158 valence electrons. The molecule has 4 aromatic rings. The summed E-state index contributed by atoms with van der Waals surface area (Å²) in [7, 11) is 0. The number of hydrogen-bond donors (Lipinski definition) is 2. The SMILES string of the molecule is Cc1ccc(NC(=O)Cn2ccn3nc(-c4ccc(F)cc4)c(CO)c3c2=O)cc1F. The molecule has 2 heterocycles. The second kappa shape index (κ2) is 8.11. The van der Waals surface area contributed by atoms with Crippen molar-refractivity contribution in [3.63, 3.8) is 0 Å². The van der Waals surface area contributed by atoms with Crippen LogP contribution in [-0.4, -0.2) is 25.2 Å². The van der Waals surface area contributed by atoms with Gasteiger partial charge in [0, 0.05) is 29.2 Å². The highest BCUT2D eigenvalue weighted by Crippen LogP contribution is 2.25. The fourth-order valence-corrected chi connectivity index (χ4v) is 3.29. The maximum Gasteiger partial charge on any atom is 0.277 e. The van der Waals surface area contributed by atoms with Crippen LogP contribution in [0.3, 0.4) is 0 Å². The Morgan fingerprint density at radius 3 is 2.55 bits per heavy atom. The van der Waals surface area contributed by atoms with Crippen LogP contribution in [0.1, 0.15) is 11.1 Å². The number of nitrogens with one attached hydrogen (secondary N) is 1. The number of aryl methyl sites for hydroxylation is 1. The molecule has 0 aliphatic heterocycles. The third kappa shape index (κ3) is 3.95. The minimum absolute atomic E-state index is 0.110. The number of anilines is 1. The smallest absolute Gasteiger partial charge is 0.277 e. The molecule has 0 aliphatic carbocycles. The van der Waals surface area contributed by atoms with Gasteiger partial charge in [0.05, 0.1) is 12.3 Å². The lowest BCUT2D eigenvalue weighted by Crippen LogP contribution is -2.28. The number of aromatic nitrogens is 3. The fraction of sp³-hybridized carbons (Fsp3) is 0.136. The van der Waals surface area contributed by atoms with Gasteiger partial charge in [-0.05, 0) is 48.9 Å². The summed E-state index contributed by atoms with van der Waals surface area (Å²) >= 11 is 0. The number of aliphatic hydroxyl groups is 1. The van der Waals surface area contributed by atoms with Gasteiger partial charge in [-0.1, -0.05) is 6.07 Å². The number of carbonyl (C=O) groups excluding carboxylic acids is 1. The number of nitrogens with zero attached hydrogens (tertiary/aromatic N) is 3. The van der Waals surface area contributed by atoms with Gasteiger partial charge in [0.15, 0.2) is 0 Å². The second-order valence-electron chi connectivity index (χ2n) is 7.03. The van der Waals surface area contributed by atoms with Gasteiger partial charge >= 0.3 is 0 Å². The molecule has 0 fully saturated rings. The molecule has 9 heteroatoms. The van der Waals surface area contributed by atoms with Gasteiger partial charge in [-0.15, -0.1) is 0 Å². The number of benzene rings is 2. The highest BCUT2D eigenvalue weighted by molar-refractivity contribution is 5.90. The van der Waals surface area contributed by atoms with E-state index in [1.165, 1.54) is 51.8 Å². The fourth-order valence-electron chi connectivity index (χ4n) is 3.29. The van der Waals surface area contributed by atoms with E-state index in [2.05, 4.69) is 10.4 Å². The van der Waals surface area contributed by atoms with Crippen LogP contribution in [0, 0.1) is 18.6 Å². The first-order chi connectivity index (χ1) is 14.9. The maximum atomic E-state index is 13.7. The molecule has 0 saturated heterocycles. The zero-order valence-electron chi connectivity index (χ0n) is 16.5. The number of fused-ring (bicyclic) bond motifs is 1. The molecule has 31 heavy (non-hydrogen) atoms. The molecule has 0 spiro atoms. The van der Waals surface area contributed by atoms with E-state index in [1.54, 1.807) is 19.1 Å². The quantitative estimate of drug-likeness (QED) is 0.516. The third-order valence-electron chi connectivity index (χ3n) is 4.91. The Bertz CT molecular complexity index is 1340.